The number of hydrogen-bond donors (Lipinski definition) is 1. The van der Waals surface area contributed by atoms with Crippen LogP contribution in [0.15, 0.2) is 18.2 Å². The van der Waals surface area contributed by atoms with Crippen LogP contribution < -0.4 is 5.32 Å². The molecule has 0 fully saturated rings. The summed E-state index contributed by atoms with van der Waals surface area (Å²) < 4.78 is 18.0. The van der Waals surface area contributed by atoms with Crippen LogP contribution in [0.5, 0.6) is 0 Å². The van der Waals surface area contributed by atoms with Crippen molar-refractivity contribution < 1.29 is 13.9 Å². The molecule has 0 aliphatic heterocycles. The summed E-state index contributed by atoms with van der Waals surface area (Å²) in [7, 11) is 0. The number of nitrogens with one attached hydrogen (secondary N) is 1. The molecule has 0 aliphatic carbocycles. The first-order valence-electron chi connectivity index (χ1n) is 5.75. The van der Waals surface area contributed by atoms with Gasteiger partial charge in [-0.05, 0) is 31.0 Å². The lowest BCUT2D eigenvalue weighted by atomic mass is 10.1. The molecule has 0 radical (unpaired) electrons. The van der Waals surface area contributed by atoms with Crippen LogP contribution in [0.3, 0.4) is 0 Å². The van der Waals surface area contributed by atoms with Gasteiger partial charge in [0.25, 0.3) is 0 Å². The molecule has 0 aromatic heterocycles. The summed E-state index contributed by atoms with van der Waals surface area (Å²) in [6, 6.07) is 5.13. The van der Waals surface area contributed by atoms with Gasteiger partial charge in [0.2, 0.25) is 0 Å². The summed E-state index contributed by atoms with van der Waals surface area (Å²) in [5.41, 5.74) is 1.51. The second kappa shape index (κ2) is 7.01. The van der Waals surface area contributed by atoms with Gasteiger partial charge in [0.1, 0.15) is 5.82 Å². The number of carbonyl (C=O) groups is 1. The minimum absolute atomic E-state index is 0.199. The van der Waals surface area contributed by atoms with E-state index >= 15 is 0 Å². The third kappa shape index (κ3) is 4.95. The molecule has 0 saturated heterocycles. The van der Waals surface area contributed by atoms with Gasteiger partial charge in [0.05, 0.1) is 13.0 Å². The van der Waals surface area contributed by atoms with E-state index in [0.717, 1.165) is 5.56 Å². The molecule has 0 spiro atoms. The maximum atomic E-state index is 13.2. The Bertz CT molecular complexity index is 380. The van der Waals surface area contributed by atoms with Crippen molar-refractivity contribution in [2.75, 3.05) is 13.2 Å². The average Bonchev–Trinajstić information content (AvgIpc) is 2.29. The molecular formula is C13H18FNO2. The Labute approximate surface area is 101 Å². The van der Waals surface area contributed by atoms with E-state index in [1.54, 1.807) is 19.9 Å². The molecule has 1 aromatic rings. The number of ether oxygens (including phenoxy) is 1. The molecule has 1 N–H and O–H groups in total. The van der Waals surface area contributed by atoms with Crippen LogP contribution in [0.25, 0.3) is 0 Å². The molecule has 0 saturated carbocycles. The van der Waals surface area contributed by atoms with Gasteiger partial charge in [-0.25, -0.2) is 4.39 Å². The summed E-state index contributed by atoms with van der Waals surface area (Å²) in [6.45, 7) is 5.00. The molecule has 1 aromatic carbocycles. The van der Waals surface area contributed by atoms with E-state index in [4.69, 9.17) is 4.74 Å². The van der Waals surface area contributed by atoms with Crippen LogP contribution in [0.1, 0.15) is 24.5 Å². The van der Waals surface area contributed by atoms with Gasteiger partial charge < -0.3 is 10.1 Å². The molecule has 0 aliphatic rings. The Morgan fingerprint density at radius 2 is 2.24 bits per heavy atom. The standard InChI is InChI=1S/C13H18FNO2/c1-3-17-13(16)6-7-15-9-11-5-4-10(2)12(14)8-11/h4-5,8,15H,3,6-7,9H2,1-2H3. The number of aryl methyl sites for hydroxylation is 1. The van der Waals surface area contributed by atoms with Crippen molar-refractivity contribution in [1.82, 2.24) is 5.32 Å². The van der Waals surface area contributed by atoms with Gasteiger partial charge in [-0.2, -0.15) is 0 Å². The van der Waals surface area contributed by atoms with Crippen LogP contribution in [0.4, 0.5) is 4.39 Å². The van der Waals surface area contributed by atoms with Crippen molar-refractivity contribution in [1.29, 1.82) is 0 Å². The van der Waals surface area contributed by atoms with E-state index in [0.29, 0.717) is 31.7 Å². The number of esters is 1. The average molecular weight is 239 g/mol. The number of rotatable bonds is 6. The smallest absolute Gasteiger partial charge is 0.307 e. The molecule has 1 rings (SSSR count). The third-order valence-corrected chi connectivity index (χ3v) is 2.38. The largest absolute Gasteiger partial charge is 0.466 e. The van der Waals surface area contributed by atoms with E-state index in [2.05, 4.69) is 5.32 Å². The van der Waals surface area contributed by atoms with Crippen LogP contribution >= 0.6 is 0 Å². The maximum Gasteiger partial charge on any atom is 0.307 e. The van der Waals surface area contributed by atoms with Gasteiger partial charge in [-0.1, -0.05) is 12.1 Å². The Morgan fingerprint density at radius 1 is 1.47 bits per heavy atom. The van der Waals surface area contributed by atoms with E-state index in [1.165, 1.54) is 6.07 Å². The van der Waals surface area contributed by atoms with Gasteiger partial charge in [0, 0.05) is 13.1 Å². The molecule has 0 bridgehead atoms. The highest BCUT2D eigenvalue weighted by Gasteiger charge is 2.02. The van der Waals surface area contributed by atoms with Crippen molar-refractivity contribution in [3.05, 3.63) is 35.1 Å². The van der Waals surface area contributed by atoms with Gasteiger partial charge >= 0.3 is 5.97 Å². The quantitative estimate of drug-likeness (QED) is 0.611. The topological polar surface area (TPSA) is 38.3 Å². The Balaban J connectivity index is 2.26. The second-order valence-electron chi connectivity index (χ2n) is 3.82. The number of halogens is 1. The molecule has 3 nitrogen and oxygen atoms in total. The van der Waals surface area contributed by atoms with Gasteiger partial charge in [-0.15, -0.1) is 0 Å². The van der Waals surface area contributed by atoms with E-state index in [9.17, 15) is 9.18 Å². The fourth-order valence-electron chi connectivity index (χ4n) is 1.40. The Hall–Kier alpha value is -1.42. The van der Waals surface area contributed by atoms with E-state index in [-0.39, 0.29) is 11.8 Å². The molecular weight excluding hydrogens is 221 g/mol. The zero-order valence-electron chi connectivity index (χ0n) is 10.3. The summed E-state index contributed by atoms with van der Waals surface area (Å²) in [5.74, 6) is -0.412. The molecule has 0 unspecified atom stereocenters. The summed E-state index contributed by atoms with van der Waals surface area (Å²) in [6.07, 6.45) is 0.335. The van der Waals surface area contributed by atoms with Crippen molar-refractivity contribution >= 4 is 5.97 Å². The SMILES string of the molecule is CCOC(=O)CCNCc1ccc(C)c(F)c1. The molecule has 94 valence electrons. The van der Waals surface area contributed by atoms with Crippen molar-refractivity contribution in [2.24, 2.45) is 0 Å². The van der Waals surface area contributed by atoms with Crippen LogP contribution in [-0.4, -0.2) is 19.1 Å². The predicted molar refractivity (Wildman–Crippen MR) is 64.1 cm³/mol. The highest BCUT2D eigenvalue weighted by atomic mass is 19.1. The lowest BCUT2D eigenvalue weighted by molar-refractivity contribution is -0.142. The van der Waals surface area contributed by atoms with E-state index in [1.807, 2.05) is 6.07 Å². The molecule has 4 heteroatoms. The fraction of sp³-hybridized carbons (Fsp3) is 0.462. The van der Waals surface area contributed by atoms with Crippen LogP contribution in [0, 0.1) is 12.7 Å². The molecule has 0 atom stereocenters. The van der Waals surface area contributed by atoms with Gasteiger partial charge in [-0.3, -0.25) is 4.79 Å². The first kappa shape index (κ1) is 13.6. The monoisotopic (exact) mass is 239 g/mol. The zero-order chi connectivity index (χ0) is 12.7. The van der Waals surface area contributed by atoms with Crippen LogP contribution in [0.2, 0.25) is 0 Å². The number of benzene rings is 1. The normalized spacial score (nSPS) is 10.3. The second-order valence-corrected chi connectivity index (χ2v) is 3.82. The molecule has 0 amide bonds. The molecule has 17 heavy (non-hydrogen) atoms. The first-order valence-corrected chi connectivity index (χ1v) is 5.75. The van der Waals surface area contributed by atoms with Crippen molar-refractivity contribution in [3.63, 3.8) is 0 Å². The lowest BCUT2D eigenvalue weighted by Crippen LogP contribution is -2.19. The number of hydrogen-bond acceptors (Lipinski definition) is 3. The summed E-state index contributed by atoms with van der Waals surface area (Å²) in [5, 5.41) is 3.07. The summed E-state index contributed by atoms with van der Waals surface area (Å²) >= 11 is 0. The summed E-state index contributed by atoms with van der Waals surface area (Å²) in [4.78, 5) is 11.0. The highest BCUT2D eigenvalue weighted by molar-refractivity contribution is 5.69. The Kier molecular flexibility index (Phi) is 5.63. The number of carbonyl (C=O) groups excluding carboxylic acids is 1. The minimum atomic E-state index is -0.213. The van der Waals surface area contributed by atoms with E-state index < -0.39 is 0 Å². The van der Waals surface area contributed by atoms with Crippen molar-refractivity contribution in [2.45, 2.75) is 26.8 Å². The zero-order valence-corrected chi connectivity index (χ0v) is 10.3. The minimum Gasteiger partial charge on any atom is -0.466 e. The highest BCUT2D eigenvalue weighted by Crippen LogP contribution is 2.08. The lowest BCUT2D eigenvalue weighted by Gasteiger charge is -2.06. The van der Waals surface area contributed by atoms with Crippen LogP contribution in [-0.2, 0) is 16.1 Å². The third-order valence-electron chi connectivity index (χ3n) is 2.38. The first-order chi connectivity index (χ1) is 8.13. The predicted octanol–water partition coefficient (Wildman–Crippen LogP) is 2.18. The van der Waals surface area contributed by atoms with Crippen molar-refractivity contribution in [3.8, 4) is 0 Å². The maximum absolute atomic E-state index is 13.2. The Morgan fingerprint density at radius 3 is 2.88 bits per heavy atom. The van der Waals surface area contributed by atoms with Gasteiger partial charge in [0.15, 0.2) is 0 Å². The molecule has 0 heterocycles. The fourth-order valence-corrected chi connectivity index (χ4v) is 1.40.